The van der Waals surface area contributed by atoms with E-state index in [1.165, 1.54) is 18.3 Å². The van der Waals surface area contributed by atoms with Crippen LogP contribution in [0, 0.1) is 6.92 Å². The maximum absolute atomic E-state index is 12.2. The van der Waals surface area contributed by atoms with Gasteiger partial charge in [0.1, 0.15) is 11.5 Å². The number of halogens is 4. The summed E-state index contributed by atoms with van der Waals surface area (Å²) in [6.07, 6.45) is -3.28. The van der Waals surface area contributed by atoms with Gasteiger partial charge >= 0.3 is 6.36 Å². The Balaban J connectivity index is 2.22. The Kier molecular flexibility index (Phi) is 4.21. The highest BCUT2D eigenvalue weighted by Gasteiger charge is 2.32. The molecule has 2 rings (SSSR count). The van der Waals surface area contributed by atoms with Crippen molar-refractivity contribution < 1.29 is 22.6 Å². The summed E-state index contributed by atoms with van der Waals surface area (Å²) >= 11 is 2.98. The van der Waals surface area contributed by atoms with E-state index in [-0.39, 0.29) is 27.8 Å². The molecule has 0 aliphatic rings. The zero-order chi connectivity index (χ0) is 15.6. The van der Waals surface area contributed by atoms with Crippen LogP contribution in [0.4, 0.5) is 19.1 Å². The number of nitrogen functional groups attached to an aromatic ring is 1. The number of hydrogen-bond acceptors (Lipinski definition) is 5. The van der Waals surface area contributed by atoms with E-state index in [1.54, 1.807) is 6.92 Å². The quantitative estimate of drug-likeness (QED) is 0.897. The summed E-state index contributed by atoms with van der Waals surface area (Å²) in [6.45, 7) is 1.71. The Labute approximate surface area is 126 Å². The van der Waals surface area contributed by atoms with Gasteiger partial charge in [-0.1, -0.05) is 0 Å². The monoisotopic (exact) mass is 363 g/mol. The first-order valence-electron chi connectivity index (χ1n) is 5.57. The fraction of sp³-hybridized carbons (Fsp3) is 0.167. The number of nitrogens with two attached hydrogens (primary N) is 1. The highest BCUT2D eigenvalue weighted by molar-refractivity contribution is 9.10. The number of ether oxygens (including phenoxy) is 2. The molecule has 0 radical (unpaired) electrons. The van der Waals surface area contributed by atoms with Gasteiger partial charge in [0, 0.05) is 11.8 Å². The van der Waals surface area contributed by atoms with Gasteiger partial charge in [0.05, 0.1) is 4.47 Å². The highest BCUT2D eigenvalue weighted by Crippen LogP contribution is 2.34. The number of aromatic nitrogens is 2. The van der Waals surface area contributed by atoms with E-state index in [2.05, 4.69) is 30.6 Å². The van der Waals surface area contributed by atoms with Crippen molar-refractivity contribution >= 4 is 21.9 Å². The van der Waals surface area contributed by atoms with Crippen LogP contribution in [-0.2, 0) is 0 Å². The van der Waals surface area contributed by atoms with Crippen LogP contribution in [0.2, 0.25) is 0 Å². The van der Waals surface area contributed by atoms with E-state index < -0.39 is 6.36 Å². The fourth-order valence-electron chi connectivity index (χ4n) is 1.41. The second-order valence-electron chi connectivity index (χ2n) is 3.96. The summed E-state index contributed by atoms with van der Waals surface area (Å²) in [7, 11) is 0. The maximum atomic E-state index is 12.2. The first-order valence-corrected chi connectivity index (χ1v) is 6.36. The van der Waals surface area contributed by atoms with Gasteiger partial charge in [-0.2, -0.15) is 4.98 Å². The Morgan fingerprint density at radius 1 is 1.29 bits per heavy atom. The topological polar surface area (TPSA) is 70.3 Å². The Bertz CT molecular complexity index is 665. The zero-order valence-electron chi connectivity index (χ0n) is 10.6. The van der Waals surface area contributed by atoms with Crippen molar-refractivity contribution in [2.75, 3.05) is 5.73 Å². The molecule has 21 heavy (non-hydrogen) atoms. The van der Waals surface area contributed by atoms with E-state index in [1.807, 2.05) is 0 Å². The van der Waals surface area contributed by atoms with Gasteiger partial charge in [-0.05, 0) is 41.1 Å². The molecule has 1 aromatic carbocycles. The lowest BCUT2D eigenvalue weighted by Crippen LogP contribution is -2.17. The molecule has 9 heteroatoms. The molecule has 2 aromatic rings. The van der Waals surface area contributed by atoms with Crippen LogP contribution >= 0.6 is 15.9 Å². The lowest BCUT2D eigenvalue weighted by molar-refractivity contribution is -0.274. The Morgan fingerprint density at radius 2 is 2.00 bits per heavy atom. The third kappa shape index (κ3) is 4.22. The van der Waals surface area contributed by atoms with E-state index in [0.717, 1.165) is 6.07 Å². The molecule has 112 valence electrons. The minimum atomic E-state index is -4.76. The molecule has 0 fully saturated rings. The minimum absolute atomic E-state index is 0.0340. The maximum Gasteiger partial charge on any atom is 0.573 e. The fourth-order valence-corrected chi connectivity index (χ4v) is 1.85. The summed E-state index contributed by atoms with van der Waals surface area (Å²) in [5, 5.41) is 0. The molecule has 0 bridgehead atoms. The summed E-state index contributed by atoms with van der Waals surface area (Å²) in [4.78, 5) is 7.68. The van der Waals surface area contributed by atoms with Gasteiger partial charge in [-0.15, -0.1) is 13.2 Å². The van der Waals surface area contributed by atoms with Crippen LogP contribution in [0.1, 0.15) is 5.56 Å². The molecule has 1 heterocycles. The third-order valence-electron chi connectivity index (χ3n) is 2.29. The number of rotatable bonds is 3. The molecule has 0 saturated carbocycles. The van der Waals surface area contributed by atoms with Gasteiger partial charge in [0.25, 0.3) is 0 Å². The molecule has 2 N–H and O–H groups in total. The SMILES string of the molecule is Cc1cnc(N)nc1Oc1ccc(OC(F)(F)F)c(Br)c1. The van der Waals surface area contributed by atoms with Gasteiger partial charge in [0.15, 0.2) is 0 Å². The second-order valence-corrected chi connectivity index (χ2v) is 4.81. The first kappa shape index (κ1) is 15.4. The van der Waals surface area contributed by atoms with Crippen LogP contribution in [0.15, 0.2) is 28.9 Å². The number of hydrogen-bond donors (Lipinski definition) is 1. The molecule has 0 saturated heterocycles. The van der Waals surface area contributed by atoms with Crippen LogP contribution in [0.3, 0.4) is 0 Å². The largest absolute Gasteiger partial charge is 0.573 e. The summed E-state index contributed by atoms with van der Waals surface area (Å²) in [5.74, 6) is 0.164. The molecule has 0 spiro atoms. The minimum Gasteiger partial charge on any atom is -0.439 e. The van der Waals surface area contributed by atoms with Gasteiger partial charge in [-0.3, -0.25) is 0 Å². The average Bonchev–Trinajstić information content (AvgIpc) is 2.36. The number of nitrogens with zero attached hydrogens (tertiary/aromatic N) is 2. The molecule has 0 unspecified atom stereocenters. The van der Waals surface area contributed by atoms with Crippen molar-refractivity contribution in [1.82, 2.24) is 9.97 Å². The smallest absolute Gasteiger partial charge is 0.439 e. The van der Waals surface area contributed by atoms with E-state index >= 15 is 0 Å². The van der Waals surface area contributed by atoms with Crippen molar-refractivity contribution in [3.63, 3.8) is 0 Å². The van der Waals surface area contributed by atoms with Crippen LogP contribution in [-0.4, -0.2) is 16.3 Å². The first-order chi connectivity index (χ1) is 9.74. The molecular weight excluding hydrogens is 355 g/mol. The van der Waals surface area contributed by atoms with Crippen LogP contribution in [0.5, 0.6) is 17.4 Å². The third-order valence-corrected chi connectivity index (χ3v) is 2.91. The molecule has 0 atom stereocenters. The van der Waals surface area contributed by atoms with E-state index in [4.69, 9.17) is 10.5 Å². The van der Waals surface area contributed by atoms with Crippen molar-refractivity contribution in [1.29, 1.82) is 0 Å². The van der Waals surface area contributed by atoms with E-state index in [9.17, 15) is 13.2 Å². The van der Waals surface area contributed by atoms with Gasteiger partial charge in [-0.25, -0.2) is 4.98 Å². The van der Waals surface area contributed by atoms with Crippen molar-refractivity contribution in [2.45, 2.75) is 13.3 Å². The number of alkyl halides is 3. The lowest BCUT2D eigenvalue weighted by atomic mass is 10.3. The summed E-state index contributed by atoms with van der Waals surface area (Å²) in [6, 6.07) is 3.79. The van der Waals surface area contributed by atoms with Gasteiger partial charge < -0.3 is 15.2 Å². The van der Waals surface area contributed by atoms with Crippen molar-refractivity contribution in [3.05, 3.63) is 34.4 Å². The number of benzene rings is 1. The molecule has 1 aromatic heterocycles. The van der Waals surface area contributed by atoms with Crippen LogP contribution < -0.4 is 15.2 Å². The zero-order valence-corrected chi connectivity index (χ0v) is 12.2. The van der Waals surface area contributed by atoms with Gasteiger partial charge in [0.2, 0.25) is 11.8 Å². The predicted octanol–water partition coefficient (Wildman–Crippen LogP) is 3.82. The molecule has 0 aliphatic heterocycles. The standard InChI is InChI=1S/C12H9BrF3N3O2/c1-6-5-18-11(17)19-10(6)20-7-2-3-9(8(13)4-7)21-12(14,15)16/h2-5H,1H3,(H2,17,18,19). The summed E-state index contributed by atoms with van der Waals surface area (Å²) < 4.78 is 45.9. The Morgan fingerprint density at radius 3 is 2.62 bits per heavy atom. The Hall–Kier alpha value is -2.03. The lowest BCUT2D eigenvalue weighted by Gasteiger charge is -2.12. The van der Waals surface area contributed by atoms with Crippen molar-refractivity contribution in [2.24, 2.45) is 0 Å². The van der Waals surface area contributed by atoms with Crippen molar-refractivity contribution in [3.8, 4) is 17.4 Å². The number of aryl methyl sites for hydroxylation is 1. The van der Waals surface area contributed by atoms with Crippen LogP contribution in [0.25, 0.3) is 0 Å². The molecule has 0 aliphatic carbocycles. The highest BCUT2D eigenvalue weighted by atomic mass is 79.9. The number of anilines is 1. The average molecular weight is 364 g/mol. The second kappa shape index (κ2) is 5.76. The van der Waals surface area contributed by atoms with E-state index in [0.29, 0.717) is 5.56 Å². The normalized spacial score (nSPS) is 11.3. The molecular formula is C12H9BrF3N3O2. The predicted molar refractivity (Wildman–Crippen MR) is 72.1 cm³/mol. The molecule has 5 nitrogen and oxygen atoms in total. The molecule has 0 amide bonds. The summed E-state index contributed by atoms with van der Waals surface area (Å²) in [5.41, 5.74) is 6.08.